The summed E-state index contributed by atoms with van der Waals surface area (Å²) >= 11 is 0. The molecule has 3 nitrogen and oxygen atoms in total. The van der Waals surface area contributed by atoms with Crippen LogP contribution in [-0.4, -0.2) is 41.9 Å². The molecule has 1 aliphatic carbocycles. The molecule has 25 heavy (non-hydrogen) atoms. The number of fused-ring (bicyclic) bond motifs is 1. The summed E-state index contributed by atoms with van der Waals surface area (Å²) in [4.78, 5) is 16.9. The molecule has 0 N–H and O–H groups in total. The molecule has 1 aromatic carbocycles. The Balaban J connectivity index is 1.63. The molecule has 3 atom stereocenters. The molecule has 138 valence electrons. The summed E-state index contributed by atoms with van der Waals surface area (Å²) in [6, 6.07) is 4.21. The van der Waals surface area contributed by atoms with Crippen LogP contribution in [-0.2, 0) is 4.79 Å². The van der Waals surface area contributed by atoms with Gasteiger partial charge in [0.15, 0.2) is 11.6 Å². The Kier molecular flexibility index (Phi) is 5.72. The Labute approximate surface area is 149 Å². The van der Waals surface area contributed by atoms with Crippen molar-refractivity contribution in [2.45, 2.75) is 57.5 Å². The van der Waals surface area contributed by atoms with E-state index in [2.05, 4.69) is 4.90 Å². The summed E-state index contributed by atoms with van der Waals surface area (Å²) in [5, 5.41) is 0. The van der Waals surface area contributed by atoms with E-state index in [1.807, 2.05) is 18.9 Å². The van der Waals surface area contributed by atoms with Crippen molar-refractivity contribution in [3.05, 3.63) is 35.4 Å². The highest BCUT2D eigenvalue weighted by molar-refractivity contribution is 5.78. The second-order valence-electron chi connectivity index (χ2n) is 7.61. The Hall–Kier alpha value is -1.49. The zero-order chi connectivity index (χ0) is 18.0. The first-order valence-electron chi connectivity index (χ1n) is 9.42. The molecule has 1 amide bonds. The van der Waals surface area contributed by atoms with Crippen molar-refractivity contribution < 1.29 is 13.6 Å². The number of likely N-dealkylation sites (tertiary alicyclic amines) is 1. The minimum atomic E-state index is -0.842. The van der Waals surface area contributed by atoms with Gasteiger partial charge in [-0.2, -0.15) is 0 Å². The highest BCUT2D eigenvalue weighted by atomic mass is 19.2. The number of benzene rings is 1. The van der Waals surface area contributed by atoms with Gasteiger partial charge in [0.2, 0.25) is 5.91 Å². The van der Waals surface area contributed by atoms with Gasteiger partial charge in [-0.25, -0.2) is 8.78 Å². The Morgan fingerprint density at radius 3 is 2.68 bits per heavy atom. The summed E-state index contributed by atoms with van der Waals surface area (Å²) in [7, 11) is 1.87. The molecule has 0 spiro atoms. The van der Waals surface area contributed by atoms with Gasteiger partial charge in [0.25, 0.3) is 0 Å². The predicted octanol–water partition coefficient (Wildman–Crippen LogP) is 4.14. The Morgan fingerprint density at radius 1 is 1.20 bits per heavy atom. The standard InChI is InChI=1S/C20H28F2N2O/c1-14(16-9-10-17(21)18(22)12-16)23(2)13-20(25)24-11-5-7-15-6-3-4-8-19(15)24/h9-10,12,14-15,19H,3-8,11,13H2,1-2H3. The van der Waals surface area contributed by atoms with E-state index in [0.29, 0.717) is 24.1 Å². The van der Waals surface area contributed by atoms with Crippen molar-refractivity contribution >= 4 is 5.91 Å². The van der Waals surface area contributed by atoms with E-state index >= 15 is 0 Å². The third-order valence-electron chi connectivity index (χ3n) is 6.04. The van der Waals surface area contributed by atoms with Gasteiger partial charge < -0.3 is 4.90 Å². The third kappa shape index (κ3) is 4.02. The zero-order valence-electron chi connectivity index (χ0n) is 15.2. The van der Waals surface area contributed by atoms with E-state index in [4.69, 9.17) is 0 Å². The second-order valence-corrected chi connectivity index (χ2v) is 7.61. The Bertz CT molecular complexity index is 620. The topological polar surface area (TPSA) is 23.6 Å². The monoisotopic (exact) mass is 350 g/mol. The van der Waals surface area contributed by atoms with Crippen molar-refractivity contribution in [2.24, 2.45) is 5.92 Å². The molecule has 1 heterocycles. The largest absolute Gasteiger partial charge is 0.338 e. The third-order valence-corrected chi connectivity index (χ3v) is 6.04. The minimum absolute atomic E-state index is 0.147. The SMILES string of the molecule is CC(c1ccc(F)c(F)c1)N(C)CC(=O)N1CCCC2CCCCC21. The van der Waals surface area contributed by atoms with Crippen LogP contribution in [0.4, 0.5) is 8.78 Å². The van der Waals surface area contributed by atoms with Crippen LogP contribution >= 0.6 is 0 Å². The van der Waals surface area contributed by atoms with Gasteiger partial charge in [-0.15, -0.1) is 0 Å². The molecule has 5 heteroatoms. The van der Waals surface area contributed by atoms with Crippen LogP contribution in [0.15, 0.2) is 18.2 Å². The number of amides is 1. The summed E-state index contributed by atoms with van der Waals surface area (Å²) in [6.45, 7) is 3.08. The molecule has 1 saturated heterocycles. The lowest BCUT2D eigenvalue weighted by molar-refractivity contribution is -0.138. The summed E-state index contributed by atoms with van der Waals surface area (Å²) in [5.74, 6) is -0.856. The molecule has 2 aliphatic rings. The van der Waals surface area contributed by atoms with Crippen LogP contribution in [0.25, 0.3) is 0 Å². The molecule has 0 aromatic heterocycles. The molecule has 0 radical (unpaired) electrons. The van der Waals surface area contributed by atoms with Crippen LogP contribution in [0.1, 0.15) is 57.1 Å². The van der Waals surface area contributed by atoms with Crippen LogP contribution < -0.4 is 0 Å². The van der Waals surface area contributed by atoms with E-state index in [-0.39, 0.29) is 11.9 Å². The number of hydrogen-bond donors (Lipinski definition) is 0. The average Bonchev–Trinajstić information content (AvgIpc) is 2.62. The van der Waals surface area contributed by atoms with Gasteiger partial charge in [-0.1, -0.05) is 18.9 Å². The van der Waals surface area contributed by atoms with Crippen LogP contribution in [0.3, 0.4) is 0 Å². The highest BCUT2D eigenvalue weighted by Crippen LogP contribution is 2.35. The van der Waals surface area contributed by atoms with Crippen molar-refractivity contribution in [1.82, 2.24) is 9.80 Å². The fourth-order valence-corrected chi connectivity index (χ4v) is 4.40. The normalized spacial score (nSPS) is 24.9. The van der Waals surface area contributed by atoms with Crippen LogP contribution in [0.2, 0.25) is 0 Å². The lowest BCUT2D eigenvalue weighted by Crippen LogP contribution is -2.52. The first-order chi connectivity index (χ1) is 12.0. The number of halogens is 2. The predicted molar refractivity (Wildman–Crippen MR) is 94.1 cm³/mol. The molecule has 1 aliphatic heterocycles. The number of nitrogens with zero attached hydrogens (tertiary/aromatic N) is 2. The van der Waals surface area contributed by atoms with Crippen molar-refractivity contribution in [2.75, 3.05) is 20.1 Å². The molecule has 2 fully saturated rings. The molecule has 1 saturated carbocycles. The van der Waals surface area contributed by atoms with Gasteiger partial charge >= 0.3 is 0 Å². The van der Waals surface area contributed by atoms with Crippen molar-refractivity contribution in [3.8, 4) is 0 Å². The lowest BCUT2D eigenvalue weighted by Gasteiger charge is -2.44. The Morgan fingerprint density at radius 2 is 1.92 bits per heavy atom. The number of likely N-dealkylation sites (N-methyl/N-ethyl adjacent to an activating group) is 1. The van der Waals surface area contributed by atoms with E-state index < -0.39 is 11.6 Å². The van der Waals surface area contributed by atoms with Crippen LogP contribution in [0, 0.1) is 17.6 Å². The van der Waals surface area contributed by atoms with Gasteiger partial charge in [0, 0.05) is 18.6 Å². The zero-order valence-corrected chi connectivity index (χ0v) is 15.2. The fourth-order valence-electron chi connectivity index (χ4n) is 4.40. The molecule has 3 rings (SSSR count). The number of hydrogen-bond acceptors (Lipinski definition) is 2. The quantitative estimate of drug-likeness (QED) is 0.815. The highest BCUT2D eigenvalue weighted by Gasteiger charge is 2.36. The molecule has 0 bridgehead atoms. The van der Waals surface area contributed by atoms with E-state index in [1.54, 1.807) is 6.07 Å². The molecule has 3 unspecified atom stereocenters. The lowest BCUT2D eigenvalue weighted by atomic mass is 9.78. The van der Waals surface area contributed by atoms with Gasteiger partial charge in [-0.3, -0.25) is 9.69 Å². The smallest absolute Gasteiger partial charge is 0.237 e. The summed E-state index contributed by atoms with van der Waals surface area (Å²) in [6.07, 6.45) is 7.21. The second kappa shape index (κ2) is 7.81. The number of rotatable bonds is 4. The van der Waals surface area contributed by atoms with Gasteiger partial charge in [0.1, 0.15) is 0 Å². The minimum Gasteiger partial charge on any atom is -0.338 e. The maximum atomic E-state index is 13.5. The molecule has 1 aromatic rings. The van der Waals surface area contributed by atoms with E-state index in [9.17, 15) is 13.6 Å². The summed E-state index contributed by atoms with van der Waals surface area (Å²) in [5.41, 5.74) is 0.684. The van der Waals surface area contributed by atoms with Crippen molar-refractivity contribution in [1.29, 1.82) is 0 Å². The maximum Gasteiger partial charge on any atom is 0.237 e. The van der Waals surface area contributed by atoms with Crippen molar-refractivity contribution in [3.63, 3.8) is 0 Å². The maximum absolute atomic E-state index is 13.5. The van der Waals surface area contributed by atoms with Gasteiger partial charge in [-0.05, 0) is 63.3 Å². The average molecular weight is 350 g/mol. The van der Waals surface area contributed by atoms with E-state index in [0.717, 1.165) is 25.5 Å². The van der Waals surface area contributed by atoms with E-state index in [1.165, 1.54) is 31.7 Å². The number of piperidine rings is 1. The fraction of sp³-hybridized carbons (Fsp3) is 0.650. The first-order valence-corrected chi connectivity index (χ1v) is 9.42. The number of carbonyl (C=O) groups excluding carboxylic acids is 1. The first kappa shape index (κ1) is 18.3. The van der Waals surface area contributed by atoms with Gasteiger partial charge in [0.05, 0.1) is 6.54 Å². The number of carbonyl (C=O) groups is 1. The van der Waals surface area contributed by atoms with Crippen LogP contribution in [0.5, 0.6) is 0 Å². The summed E-state index contributed by atoms with van der Waals surface area (Å²) < 4.78 is 26.6. The molecular formula is C20H28F2N2O. The molecular weight excluding hydrogens is 322 g/mol.